The second kappa shape index (κ2) is 10.1. The van der Waals surface area contributed by atoms with E-state index in [1.54, 1.807) is 6.92 Å². The van der Waals surface area contributed by atoms with Crippen LogP contribution in [0.2, 0.25) is 0 Å². The highest BCUT2D eigenvalue weighted by Crippen LogP contribution is 2.07. The molecule has 1 unspecified atom stereocenters. The van der Waals surface area contributed by atoms with Crippen LogP contribution in [0.5, 0.6) is 0 Å². The Hall–Kier alpha value is -0.730. The highest BCUT2D eigenvalue weighted by molar-refractivity contribution is 5.81. The van der Waals surface area contributed by atoms with E-state index in [0.717, 1.165) is 25.7 Å². The number of aliphatic hydroxyl groups is 5. The third-order valence-electron chi connectivity index (χ3n) is 3.15. The molecule has 0 aliphatic carbocycles. The van der Waals surface area contributed by atoms with Crippen molar-refractivity contribution in [3.8, 4) is 0 Å². The van der Waals surface area contributed by atoms with Crippen molar-refractivity contribution >= 4 is 5.91 Å². The van der Waals surface area contributed by atoms with Gasteiger partial charge in [-0.1, -0.05) is 26.2 Å². The Bertz CT molecular complexity index is 276. The molecule has 1 amide bonds. The van der Waals surface area contributed by atoms with E-state index in [2.05, 4.69) is 12.2 Å². The van der Waals surface area contributed by atoms with Crippen LogP contribution in [0.25, 0.3) is 0 Å². The average Bonchev–Trinajstić information content (AvgIpc) is 2.44. The topological polar surface area (TPSA) is 130 Å². The molecule has 0 aromatic heterocycles. The number of rotatable bonds is 10. The number of unbranched alkanes of at least 4 members (excludes halogenated alkanes) is 2. The molecule has 0 fully saturated rings. The van der Waals surface area contributed by atoms with E-state index in [1.165, 1.54) is 0 Å². The average molecular weight is 293 g/mol. The summed E-state index contributed by atoms with van der Waals surface area (Å²) in [6.07, 6.45) is -3.32. The van der Waals surface area contributed by atoms with Gasteiger partial charge in [0.15, 0.2) is 6.10 Å². The van der Waals surface area contributed by atoms with Crippen molar-refractivity contribution in [2.75, 3.05) is 6.61 Å². The first-order chi connectivity index (χ1) is 9.34. The van der Waals surface area contributed by atoms with Crippen molar-refractivity contribution in [1.82, 2.24) is 5.32 Å². The van der Waals surface area contributed by atoms with Crippen molar-refractivity contribution in [3.63, 3.8) is 0 Å². The van der Waals surface area contributed by atoms with E-state index >= 15 is 0 Å². The molecule has 7 heteroatoms. The van der Waals surface area contributed by atoms with Crippen molar-refractivity contribution in [1.29, 1.82) is 0 Å². The van der Waals surface area contributed by atoms with Gasteiger partial charge < -0.3 is 30.8 Å². The van der Waals surface area contributed by atoms with Crippen molar-refractivity contribution < 1.29 is 30.3 Å². The van der Waals surface area contributed by atoms with Crippen LogP contribution < -0.4 is 5.32 Å². The summed E-state index contributed by atoms with van der Waals surface area (Å²) in [5, 5.41) is 48.9. The molecule has 0 saturated carbocycles. The molecular weight excluding hydrogens is 266 g/mol. The maximum absolute atomic E-state index is 11.7. The zero-order chi connectivity index (χ0) is 15.7. The molecule has 0 saturated heterocycles. The fraction of sp³-hybridized carbons (Fsp3) is 0.923. The minimum atomic E-state index is -1.86. The first-order valence-corrected chi connectivity index (χ1v) is 6.98. The largest absolute Gasteiger partial charge is 0.394 e. The lowest BCUT2D eigenvalue weighted by molar-refractivity contribution is -0.149. The monoisotopic (exact) mass is 293 g/mol. The lowest BCUT2D eigenvalue weighted by atomic mass is 10.0. The van der Waals surface area contributed by atoms with E-state index < -0.39 is 36.9 Å². The lowest BCUT2D eigenvalue weighted by Crippen LogP contribution is -2.52. The first-order valence-electron chi connectivity index (χ1n) is 6.98. The Morgan fingerprint density at radius 3 is 2.20 bits per heavy atom. The van der Waals surface area contributed by atoms with Crippen LogP contribution >= 0.6 is 0 Å². The van der Waals surface area contributed by atoms with Gasteiger partial charge in [-0.15, -0.1) is 0 Å². The van der Waals surface area contributed by atoms with E-state index in [1.807, 2.05) is 0 Å². The molecule has 5 atom stereocenters. The Balaban J connectivity index is 4.25. The van der Waals surface area contributed by atoms with Crippen LogP contribution in [0.1, 0.15) is 39.5 Å². The van der Waals surface area contributed by atoms with Gasteiger partial charge in [-0.25, -0.2) is 0 Å². The Kier molecular flexibility index (Phi) is 9.70. The van der Waals surface area contributed by atoms with Crippen molar-refractivity contribution in [2.45, 2.75) is 70.0 Å². The maximum atomic E-state index is 11.7. The molecular formula is C13H27NO6. The summed E-state index contributed by atoms with van der Waals surface area (Å²) >= 11 is 0. The van der Waals surface area contributed by atoms with E-state index in [-0.39, 0.29) is 6.04 Å². The number of hydrogen-bond donors (Lipinski definition) is 6. The number of carbonyl (C=O) groups excluding carboxylic acids is 1. The Morgan fingerprint density at radius 2 is 1.70 bits per heavy atom. The zero-order valence-electron chi connectivity index (χ0n) is 12.1. The number of amides is 1. The summed E-state index contributed by atoms with van der Waals surface area (Å²) in [6, 6.07) is -0.157. The maximum Gasteiger partial charge on any atom is 0.251 e. The normalized spacial score (nSPS) is 18.9. The Labute approximate surface area is 119 Å². The molecule has 0 radical (unpaired) electrons. The molecule has 120 valence electrons. The van der Waals surface area contributed by atoms with Crippen LogP contribution in [0.4, 0.5) is 0 Å². The second-order valence-corrected chi connectivity index (χ2v) is 5.08. The molecule has 0 heterocycles. The molecule has 0 aliphatic rings. The van der Waals surface area contributed by atoms with Crippen LogP contribution in [0.15, 0.2) is 0 Å². The van der Waals surface area contributed by atoms with Crippen LogP contribution in [0.3, 0.4) is 0 Å². The van der Waals surface area contributed by atoms with Crippen molar-refractivity contribution in [2.24, 2.45) is 0 Å². The number of aliphatic hydroxyl groups excluding tert-OH is 5. The molecule has 7 nitrogen and oxygen atoms in total. The summed E-state index contributed by atoms with van der Waals surface area (Å²) in [5.41, 5.74) is 0. The van der Waals surface area contributed by atoms with Gasteiger partial charge >= 0.3 is 0 Å². The molecule has 0 aliphatic heterocycles. The smallest absolute Gasteiger partial charge is 0.251 e. The van der Waals surface area contributed by atoms with Gasteiger partial charge in [0.05, 0.1) is 6.61 Å². The first kappa shape index (κ1) is 19.3. The summed E-state index contributed by atoms with van der Waals surface area (Å²) < 4.78 is 0. The van der Waals surface area contributed by atoms with E-state index in [4.69, 9.17) is 10.2 Å². The van der Waals surface area contributed by atoms with Gasteiger partial charge in [0.1, 0.15) is 18.3 Å². The summed E-state index contributed by atoms with van der Waals surface area (Å²) in [4.78, 5) is 11.7. The van der Waals surface area contributed by atoms with Gasteiger partial charge in [-0.3, -0.25) is 4.79 Å². The molecule has 0 aromatic rings. The molecule has 0 rings (SSSR count). The quantitative estimate of drug-likeness (QED) is 0.272. The molecule has 6 N–H and O–H groups in total. The van der Waals surface area contributed by atoms with Gasteiger partial charge in [0.25, 0.3) is 5.91 Å². The number of carbonyl (C=O) groups is 1. The predicted octanol–water partition coefficient (Wildman–Crippen LogP) is -1.49. The minimum Gasteiger partial charge on any atom is -0.394 e. The van der Waals surface area contributed by atoms with Crippen LogP contribution in [-0.2, 0) is 4.79 Å². The summed E-state index contributed by atoms with van der Waals surface area (Å²) in [6.45, 7) is 3.07. The van der Waals surface area contributed by atoms with Gasteiger partial charge in [0, 0.05) is 6.04 Å². The lowest BCUT2D eigenvalue weighted by Gasteiger charge is -2.26. The highest BCUT2D eigenvalue weighted by Gasteiger charge is 2.34. The molecule has 0 bridgehead atoms. The number of hydrogen-bond acceptors (Lipinski definition) is 6. The van der Waals surface area contributed by atoms with Crippen molar-refractivity contribution in [3.05, 3.63) is 0 Å². The standard InChI is InChI=1S/C13H27NO6/c1-3-4-5-6-8(2)14-13(20)12(19)11(18)10(17)9(16)7-15/h8-12,15-19H,3-7H2,1-2H3,(H,14,20)/t8?,9-,10-,11+,12-/m1/s1. The van der Waals surface area contributed by atoms with Gasteiger partial charge in [0.2, 0.25) is 0 Å². The minimum absolute atomic E-state index is 0.157. The zero-order valence-corrected chi connectivity index (χ0v) is 12.1. The summed E-state index contributed by atoms with van der Waals surface area (Å²) in [5.74, 6) is -0.814. The molecule has 0 spiro atoms. The van der Waals surface area contributed by atoms with Crippen LogP contribution in [0, 0.1) is 0 Å². The Morgan fingerprint density at radius 1 is 1.10 bits per heavy atom. The third-order valence-corrected chi connectivity index (χ3v) is 3.15. The van der Waals surface area contributed by atoms with E-state index in [9.17, 15) is 20.1 Å². The molecule has 20 heavy (non-hydrogen) atoms. The highest BCUT2D eigenvalue weighted by atomic mass is 16.4. The fourth-order valence-corrected chi connectivity index (χ4v) is 1.78. The fourth-order valence-electron chi connectivity index (χ4n) is 1.78. The van der Waals surface area contributed by atoms with Crippen LogP contribution in [-0.4, -0.2) is 68.5 Å². The SMILES string of the molecule is CCCCCC(C)NC(=O)[C@H](O)[C@@H](O)[C@H](O)[C@H](O)CO. The van der Waals surface area contributed by atoms with Gasteiger partial charge in [-0.2, -0.15) is 0 Å². The third kappa shape index (κ3) is 6.62. The second-order valence-electron chi connectivity index (χ2n) is 5.08. The van der Waals surface area contributed by atoms with Gasteiger partial charge in [-0.05, 0) is 13.3 Å². The predicted molar refractivity (Wildman–Crippen MR) is 72.9 cm³/mol. The summed E-state index contributed by atoms with van der Waals surface area (Å²) in [7, 11) is 0. The molecule has 0 aromatic carbocycles. The number of nitrogens with one attached hydrogen (secondary N) is 1. The van der Waals surface area contributed by atoms with E-state index in [0.29, 0.717) is 0 Å².